The SMILES string of the molecule is O=C(COc1ccc(Cl)cc1Cl)N1CCN(CCNc2cc(=O)oc3ccccc23)CC1. The third kappa shape index (κ3) is 5.54. The molecule has 1 aliphatic heterocycles. The molecule has 7 nitrogen and oxygen atoms in total. The normalized spacial score (nSPS) is 14.5. The lowest BCUT2D eigenvalue weighted by Gasteiger charge is -2.34. The van der Waals surface area contributed by atoms with Crippen molar-refractivity contribution in [3.05, 3.63) is 69.0 Å². The highest BCUT2D eigenvalue weighted by Crippen LogP contribution is 2.27. The van der Waals surface area contributed by atoms with Gasteiger partial charge in [-0.2, -0.15) is 0 Å². The molecule has 0 aliphatic carbocycles. The molecule has 0 radical (unpaired) electrons. The van der Waals surface area contributed by atoms with Crippen LogP contribution in [0.5, 0.6) is 5.75 Å². The molecule has 1 aromatic heterocycles. The number of piperazine rings is 1. The Balaban J connectivity index is 1.22. The molecule has 4 rings (SSSR count). The van der Waals surface area contributed by atoms with Crippen LogP contribution >= 0.6 is 23.2 Å². The van der Waals surface area contributed by atoms with Gasteiger partial charge in [0, 0.05) is 55.7 Å². The first kappa shape index (κ1) is 22.5. The van der Waals surface area contributed by atoms with Crippen molar-refractivity contribution < 1.29 is 13.9 Å². The minimum atomic E-state index is -0.375. The van der Waals surface area contributed by atoms with Gasteiger partial charge in [0.15, 0.2) is 6.61 Å². The summed E-state index contributed by atoms with van der Waals surface area (Å²) >= 11 is 12.0. The molecular weight excluding hydrogens is 453 g/mol. The van der Waals surface area contributed by atoms with Crippen LogP contribution < -0.4 is 15.7 Å². The molecule has 2 heterocycles. The third-order valence-electron chi connectivity index (χ3n) is 5.36. The van der Waals surface area contributed by atoms with E-state index in [9.17, 15) is 9.59 Å². The minimum absolute atomic E-state index is 0.0629. The topological polar surface area (TPSA) is 75.0 Å². The summed E-state index contributed by atoms with van der Waals surface area (Å²) in [4.78, 5) is 28.3. The molecule has 168 valence electrons. The Morgan fingerprint density at radius 2 is 1.84 bits per heavy atom. The summed E-state index contributed by atoms with van der Waals surface area (Å²) in [6.07, 6.45) is 0. The van der Waals surface area contributed by atoms with Gasteiger partial charge in [-0.3, -0.25) is 9.69 Å². The average Bonchev–Trinajstić information content (AvgIpc) is 2.78. The van der Waals surface area contributed by atoms with E-state index in [4.69, 9.17) is 32.4 Å². The summed E-state index contributed by atoms with van der Waals surface area (Å²) in [6.45, 7) is 4.22. The predicted octanol–water partition coefficient (Wildman–Crippen LogP) is 3.73. The van der Waals surface area contributed by atoms with Crippen LogP contribution in [-0.2, 0) is 4.79 Å². The van der Waals surface area contributed by atoms with Crippen molar-refractivity contribution in [3.8, 4) is 5.75 Å². The summed E-state index contributed by atoms with van der Waals surface area (Å²) < 4.78 is 10.8. The van der Waals surface area contributed by atoms with Crippen LogP contribution in [0.3, 0.4) is 0 Å². The monoisotopic (exact) mass is 475 g/mol. The van der Waals surface area contributed by atoms with Crippen molar-refractivity contribution in [2.24, 2.45) is 0 Å². The van der Waals surface area contributed by atoms with Gasteiger partial charge in [0.2, 0.25) is 0 Å². The van der Waals surface area contributed by atoms with Gasteiger partial charge in [0.1, 0.15) is 11.3 Å². The summed E-state index contributed by atoms with van der Waals surface area (Å²) in [6, 6.07) is 13.8. The number of benzene rings is 2. The smallest absolute Gasteiger partial charge is 0.338 e. The van der Waals surface area contributed by atoms with Gasteiger partial charge in [0.05, 0.1) is 10.7 Å². The van der Waals surface area contributed by atoms with Crippen LogP contribution in [0.2, 0.25) is 10.0 Å². The zero-order valence-corrected chi connectivity index (χ0v) is 18.9. The fraction of sp³-hybridized carbons (Fsp3) is 0.304. The first-order chi connectivity index (χ1) is 15.5. The number of amides is 1. The van der Waals surface area contributed by atoms with E-state index in [-0.39, 0.29) is 18.1 Å². The van der Waals surface area contributed by atoms with Gasteiger partial charge in [0.25, 0.3) is 5.91 Å². The van der Waals surface area contributed by atoms with E-state index >= 15 is 0 Å². The summed E-state index contributed by atoms with van der Waals surface area (Å²) in [5, 5.41) is 5.11. The van der Waals surface area contributed by atoms with Crippen LogP contribution in [0.4, 0.5) is 5.69 Å². The van der Waals surface area contributed by atoms with Crippen LogP contribution in [0.25, 0.3) is 11.0 Å². The van der Waals surface area contributed by atoms with Crippen LogP contribution in [0.15, 0.2) is 57.7 Å². The first-order valence-electron chi connectivity index (χ1n) is 10.3. The minimum Gasteiger partial charge on any atom is -0.482 e. The van der Waals surface area contributed by atoms with E-state index < -0.39 is 0 Å². The number of nitrogens with zero attached hydrogens (tertiary/aromatic N) is 2. The molecule has 1 aliphatic rings. The molecular formula is C23H23Cl2N3O4. The van der Waals surface area contributed by atoms with Crippen LogP contribution in [0, 0.1) is 0 Å². The number of para-hydroxylation sites is 1. The molecule has 0 saturated carbocycles. The van der Waals surface area contributed by atoms with E-state index in [1.54, 1.807) is 29.2 Å². The lowest BCUT2D eigenvalue weighted by Crippen LogP contribution is -2.50. The molecule has 9 heteroatoms. The zero-order chi connectivity index (χ0) is 22.5. The van der Waals surface area contributed by atoms with Crippen molar-refractivity contribution >= 4 is 45.8 Å². The Morgan fingerprint density at radius 3 is 2.62 bits per heavy atom. The molecule has 0 unspecified atom stereocenters. The lowest BCUT2D eigenvalue weighted by atomic mass is 10.2. The molecule has 0 bridgehead atoms. The fourth-order valence-corrected chi connectivity index (χ4v) is 4.11. The maximum absolute atomic E-state index is 12.5. The number of hydrogen-bond donors (Lipinski definition) is 1. The van der Waals surface area contributed by atoms with Gasteiger partial charge in [-0.15, -0.1) is 0 Å². The number of ether oxygens (including phenoxy) is 1. The number of carbonyl (C=O) groups excluding carboxylic acids is 1. The Morgan fingerprint density at radius 1 is 1.06 bits per heavy atom. The second kappa shape index (κ2) is 10.3. The van der Waals surface area contributed by atoms with Gasteiger partial charge in [-0.25, -0.2) is 4.79 Å². The summed E-state index contributed by atoms with van der Waals surface area (Å²) in [5.41, 5.74) is 0.959. The first-order valence-corrected chi connectivity index (χ1v) is 11.1. The molecule has 0 atom stereocenters. The quantitative estimate of drug-likeness (QED) is 0.524. The maximum Gasteiger partial charge on any atom is 0.338 e. The Labute approximate surface area is 195 Å². The Kier molecular flexibility index (Phi) is 7.19. The summed E-state index contributed by atoms with van der Waals surface area (Å²) in [7, 11) is 0. The molecule has 2 aromatic carbocycles. The molecule has 3 aromatic rings. The van der Waals surface area contributed by atoms with Crippen molar-refractivity contribution in [2.75, 3.05) is 51.2 Å². The highest BCUT2D eigenvalue weighted by Gasteiger charge is 2.21. The molecule has 1 saturated heterocycles. The average molecular weight is 476 g/mol. The van der Waals surface area contributed by atoms with E-state index in [0.717, 1.165) is 30.7 Å². The highest BCUT2D eigenvalue weighted by molar-refractivity contribution is 6.35. The van der Waals surface area contributed by atoms with E-state index in [2.05, 4.69) is 10.2 Å². The van der Waals surface area contributed by atoms with E-state index in [0.29, 0.717) is 41.0 Å². The van der Waals surface area contributed by atoms with Crippen molar-refractivity contribution in [2.45, 2.75) is 0 Å². The van der Waals surface area contributed by atoms with Gasteiger partial charge in [-0.05, 0) is 30.3 Å². The van der Waals surface area contributed by atoms with Gasteiger partial charge >= 0.3 is 5.63 Å². The fourth-order valence-electron chi connectivity index (χ4n) is 3.65. The zero-order valence-electron chi connectivity index (χ0n) is 17.4. The Bertz CT molecular complexity index is 1160. The van der Waals surface area contributed by atoms with Crippen LogP contribution in [-0.4, -0.2) is 61.6 Å². The molecule has 1 N–H and O–H groups in total. The summed E-state index contributed by atoms with van der Waals surface area (Å²) in [5.74, 6) is 0.368. The number of halogens is 2. The molecule has 32 heavy (non-hydrogen) atoms. The maximum atomic E-state index is 12.5. The number of rotatable bonds is 7. The lowest BCUT2D eigenvalue weighted by molar-refractivity contribution is -0.135. The number of anilines is 1. The number of fused-ring (bicyclic) bond motifs is 1. The van der Waals surface area contributed by atoms with Crippen molar-refractivity contribution in [1.82, 2.24) is 9.80 Å². The largest absolute Gasteiger partial charge is 0.482 e. The number of hydrogen-bond acceptors (Lipinski definition) is 6. The number of carbonyl (C=O) groups is 1. The second-order valence-corrected chi connectivity index (χ2v) is 8.33. The molecule has 1 amide bonds. The van der Waals surface area contributed by atoms with E-state index in [1.165, 1.54) is 6.07 Å². The van der Waals surface area contributed by atoms with Crippen LogP contribution in [0.1, 0.15) is 0 Å². The van der Waals surface area contributed by atoms with Crippen molar-refractivity contribution in [3.63, 3.8) is 0 Å². The van der Waals surface area contributed by atoms with E-state index in [1.807, 2.05) is 18.2 Å². The molecule has 1 fully saturated rings. The predicted molar refractivity (Wildman–Crippen MR) is 126 cm³/mol. The third-order valence-corrected chi connectivity index (χ3v) is 5.89. The molecule has 0 spiro atoms. The van der Waals surface area contributed by atoms with Crippen molar-refractivity contribution in [1.29, 1.82) is 0 Å². The highest BCUT2D eigenvalue weighted by atomic mass is 35.5. The van der Waals surface area contributed by atoms with Gasteiger partial charge < -0.3 is 19.4 Å². The second-order valence-electron chi connectivity index (χ2n) is 7.49. The van der Waals surface area contributed by atoms with Gasteiger partial charge in [-0.1, -0.05) is 35.3 Å². The Hall–Kier alpha value is -2.74. The standard InChI is InChI=1S/C23H23Cl2N3O4/c24-16-5-6-21(18(25)13-16)31-15-22(29)28-11-9-27(10-12-28)8-7-26-19-14-23(30)32-20-4-2-1-3-17(19)20/h1-6,13-14,26H,7-12,15H2. The number of nitrogens with one attached hydrogen (secondary N) is 1.